The summed E-state index contributed by atoms with van der Waals surface area (Å²) < 4.78 is 5.77. The van der Waals surface area contributed by atoms with Crippen LogP contribution >= 0.6 is 24.0 Å². The maximum atomic E-state index is 5.77. The highest BCUT2D eigenvalue weighted by atomic mass is 127. The van der Waals surface area contributed by atoms with Crippen LogP contribution in [-0.4, -0.2) is 24.0 Å². The number of guanidine groups is 1. The molecule has 5 nitrogen and oxygen atoms in total. The second-order valence-corrected chi connectivity index (χ2v) is 6.84. The summed E-state index contributed by atoms with van der Waals surface area (Å²) in [5.41, 5.74) is -0.0149. The molecule has 0 spiro atoms. The molecule has 0 aromatic carbocycles. The molecule has 0 aliphatic rings. The van der Waals surface area contributed by atoms with E-state index in [1.807, 2.05) is 0 Å². The van der Waals surface area contributed by atoms with Gasteiger partial charge in [-0.05, 0) is 13.3 Å². The number of aromatic nitrogens is 1. The number of rotatable bonds is 7. The van der Waals surface area contributed by atoms with Crippen molar-refractivity contribution in [2.24, 2.45) is 4.99 Å². The van der Waals surface area contributed by atoms with Crippen LogP contribution in [0.25, 0.3) is 0 Å². The fourth-order valence-corrected chi connectivity index (χ4v) is 2.10. The molecule has 1 rings (SSSR count). The summed E-state index contributed by atoms with van der Waals surface area (Å²) in [4.78, 5) is 8.57. The van der Waals surface area contributed by atoms with Crippen LogP contribution < -0.4 is 10.6 Å². The summed E-state index contributed by atoms with van der Waals surface area (Å²) in [6.07, 6.45) is 6.74. The maximum Gasteiger partial charge on any atom is 0.213 e. The summed E-state index contributed by atoms with van der Waals surface area (Å²) in [5, 5.41) is 6.66. The van der Waals surface area contributed by atoms with Gasteiger partial charge in [0.25, 0.3) is 0 Å². The van der Waals surface area contributed by atoms with Gasteiger partial charge in [0.2, 0.25) is 5.89 Å². The highest BCUT2D eigenvalue weighted by Gasteiger charge is 2.19. The Morgan fingerprint density at radius 1 is 1.35 bits per heavy atom. The monoisotopic (exact) mass is 436 g/mol. The Kier molecular flexibility index (Phi) is 10.5. The lowest BCUT2D eigenvalue weighted by Crippen LogP contribution is -2.41. The fourth-order valence-electron chi connectivity index (χ4n) is 2.10. The summed E-state index contributed by atoms with van der Waals surface area (Å²) in [7, 11) is 1.78. The first kappa shape index (κ1) is 22.2. The van der Waals surface area contributed by atoms with Crippen molar-refractivity contribution in [1.29, 1.82) is 0 Å². The van der Waals surface area contributed by atoms with E-state index in [1.54, 1.807) is 13.2 Å². The quantitative estimate of drug-likeness (QED) is 0.291. The van der Waals surface area contributed by atoms with Gasteiger partial charge < -0.3 is 15.1 Å². The minimum atomic E-state index is -0.0149. The number of halogens is 1. The van der Waals surface area contributed by atoms with Crippen molar-refractivity contribution in [3.63, 3.8) is 0 Å². The molecule has 0 aliphatic carbocycles. The van der Waals surface area contributed by atoms with Gasteiger partial charge >= 0.3 is 0 Å². The molecule has 0 fully saturated rings. The van der Waals surface area contributed by atoms with Crippen LogP contribution in [0.15, 0.2) is 15.6 Å². The highest BCUT2D eigenvalue weighted by molar-refractivity contribution is 14.0. The largest absolute Gasteiger partial charge is 0.443 e. The molecule has 0 saturated carbocycles. The fraction of sp³-hybridized carbons (Fsp3) is 0.765. The zero-order chi connectivity index (χ0) is 16.6. The number of nitrogens with one attached hydrogen (secondary N) is 2. The summed E-state index contributed by atoms with van der Waals surface area (Å²) in [6, 6.07) is 0.410. The number of aliphatic imine (C=N–C) groups is 1. The Hall–Kier alpha value is -0.790. The standard InChI is InChI=1S/C17H32N4O.HI/c1-7-8-9-10-13(2)21-16(18-6)20-12-15-19-11-14(22-15)17(3,4)5;/h11,13H,7-10,12H2,1-6H3,(H2,18,20,21);1H. The molecular weight excluding hydrogens is 403 g/mol. The third-order valence-electron chi connectivity index (χ3n) is 3.55. The van der Waals surface area contributed by atoms with E-state index in [0.717, 1.165) is 18.1 Å². The van der Waals surface area contributed by atoms with Crippen LogP contribution in [0.1, 0.15) is 72.0 Å². The zero-order valence-corrected chi connectivity index (χ0v) is 17.7. The highest BCUT2D eigenvalue weighted by Crippen LogP contribution is 2.22. The van der Waals surface area contributed by atoms with Crippen LogP contribution in [0.4, 0.5) is 0 Å². The number of hydrogen-bond acceptors (Lipinski definition) is 3. The van der Waals surface area contributed by atoms with Gasteiger partial charge in [-0.2, -0.15) is 0 Å². The SMILES string of the molecule is CCCCCC(C)NC(=NC)NCc1ncc(C(C)(C)C)o1.I. The van der Waals surface area contributed by atoms with Crippen LogP contribution in [0.5, 0.6) is 0 Å². The molecule has 0 aliphatic heterocycles. The minimum absolute atomic E-state index is 0. The molecule has 1 unspecified atom stereocenters. The van der Waals surface area contributed by atoms with Gasteiger partial charge in [0, 0.05) is 18.5 Å². The third kappa shape index (κ3) is 8.58. The summed E-state index contributed by atoms with van der Waals surface area (Å²) in [5.74, 6) is 2.38. The first-order valence-corrected chi connectivity index (χ1v) is 8.29. The van der Waals surface area contributed by atoms with E-state index in [1.165, 1.54) is 19.3 Å². The Balaban J connectivity index is 0.00000484. The van der Waals surface area contributed by atoms with Crippen molar-refractivity contribution in [1.82, 2.24) is 15.6 Å². The lowest BCUT2D eigenvalue weighted by atomic mass is 9.94. The zero-order valence-electron chi connectivity index (χ0n) is 15.4. The normalized spacial score (nSPS) is 13.4. The van der Waals surface area contributed by atoms with E-state index in [9.17, 15) is 0 Å². The lowest BCUT2D eigenvalue weighted by molar-refractivity contribution is 0.379. The molecule has 6 heteroatoms. The van der Waals surface area contributed by atoms with Crippen LogP contribution in [0.3, 0.4) is 0 Å². The lowest BCUT2D eigenvalue weighted by Gasteiger charge is -2.17. The van der Waals surface area contributed by atoms with E-state index in [-0.39, 0.29) is 29.4 Å². The molecule has 0 saturated heterocycles. The van der Waals surface area contributed by atoms with Gasteiger partial charge in [0.1, 0.15) is 5.76 Å². The molecule has 0 amide bonds. The van der Waals surface area contributed by atoms with Crippen LogP contribution in [0.2, 0.25) is 0 Å². The predicted molar refractivity (Wildman–Crippen MR) is 108 cm³/mol. The topological polar surface area (TPSA) is 62.5 Å². The average Bonchev–Trinajstić information content (AvgIpc) is 2.92. The van der Waals surface area contributed by atoms with Gasteiger partial charge in [0.15, 0.2) is 5.96 Å². The molecule has 1 atom stereocenters. The van der Waals surface area contributed by atoms with Crippen molar-refractivity contribution in [3.8, 4) is 0 Å². The number of unbranched alkanes of at least 4 members (excludes halogenated alkanes) is 2. The minimum Gasteiger partial charge on any atom is -0.443 e. The Morgan fingerprint density at radius 2 is 2.04 bits per heavy atom. The molecule has 1 aromatic rings. The second-order valence-electron chi connectivity index (χ2n) is 6.84. The molecular formula is C17H33IN4O. The van der Waals surface area contributed by atoms with Crippen molar-refractivity contribution in [2.45, 2.75) is 78.3 Å². The average molecular weight is 436 g/mol. The van der Waals surface area contributed by atoms with E-state index >= 15 is 0 Å². The Morgan fingerprint density at radius 3 is 2.57 bits per heavy atom. The first-order chi connectivity index (χ1) is 10.4. The molecule has 134 valence electrons. The van der Waals surface area contributed by atoms with E-state index in [0.29, 0.717) is 18.5 Å². The maximum absolute atomic E-state index is 5.77. The van der Waals surface area contributed by atoms with Crippen LogP contribution in [-0.2, 0) is 12.0 Å². The van der Waals surface area contributed by atoms with E-state index in [2.05, 4.69) is 55.2 Å². The van der Waals surface area contributed by atoms with Gasteiger partial charge in [-0.25, -0.2) is 4.98 Å². The van der Waals surface area contributed by atoms with Crippen molar-refractivity contribution in [3.05, 3.63) is 17.8 Å². The number of hydrogen-bond donors (Lipinski definition) is 2. The molecule has 2 N–H and O–H groups in total. The molecule has 1 heterocycles. The molecule has 23 heavy (non-hydrogen) atoms. The van der Waals surface area contributed by atoms with Gasteiger partial charge in [-0.1, -0.05) is 47.0 Å². The van der Waals surface area contributed by atoms with Crippen LogP contribution in [0, 0.1) is 0 Å². The molecule has 1 aromatic heterocycles. The Bertz CT molecular complexity index is 465. The molecule has 0 radical (unpaired) electrons. The second kappa shape index (κ2) is 10.9. The van der Waals surface area contributed by atoms with Crippen molar-refractivity contribution < 1.29 is 4.42 Å². The van der Waals surface area contributed by atoms with Gasteiger partial charge in [-0.3, -0.25) is 4.99 Å². The molecule has 0 bridgehead atoms. The first-order valence-electron chi connectivity index (χ1n) is 8.29. The summed E-state index contributed by atoms with van der Waals surface area (Å²) in [6.45, 7) is 11.3. The van der Waals surface area contributed by atoms with E-state index in [4.69, 9.17) is 4.42 Å². The predicted octanol–water partition coefficient (Wildman–Crippen LogP) is 4.22. The smallest absolute Gasteiger partial charge is 0.213 e. The van der Waals surface area contributed by atoms with Gasteiger partial charge in [0.05, 0.1) is 12.7 Å². The number of oxazole rings is 1. The Labute approximate surface area is 158 Å². The third-order valence-corrected chi connectivity index (χ3v) is 3.55. The van der Waals surface area contributed by atoms with E-state index < -0.39 is 0 Å². The van der Waals surface area contributed by atoms with Crippen molar-refractivity contribution in [2.75, 3.05) is 7.05 Å². The van der Waals surface area contributed by atoms with Crippen molar-refractivity contribution >= 4 is 29.9 Å². The van der Waals surface area contributed by atoms with Gasteiger partial charge in [-0.15, -0.1) is 24.0 Å². The summed E-state index contributed by atoms with van der Waals surface area (Å²) >= 11 is 0. The number of nitrogens with zero attached hydrogens (tertiary/aromatic N) is 2.